The van der Waals surface area contributed by atoms with Crippen LogP contribution in [0.25, 0.3) is 0 Å². The minimum Gasteiger partial charge on any atom is -0.456 e. The van der Waals surface area contributed by atoms with E-state index in [-0.39, 0.29) is 43.9 Å². The quantitative estimate of drug-likeness (QED) is 0.0401. The Morgan fingerprint density at radius 1 is 0.598 bits per heavy atom. The standard InChI is InChI=1S/C36H47Cl3O9.C32H44O8.C3H2Cl4O2/c1-18(22-12-10-9-11-13-22)27(48-31(43)46-17-36(37,38)39)30(42)47-23-15-35(44)21(4)28-33(7)16-45-25(33)14-24(40)34(28,8)29(41)20(3)26(19(23)2)32(35,5)6;1-16(19-11-9-8-10-12-19)24(34)28(37)40-20-14-32(38)18(3)26-30(6)15-39-22(30)13-21(33)31(26,7)27(36)25(35)23(17(20)2)29(32,4)5;4-2(8)9-1-3(5,6)7/h9-13,18,20-21,23-25,27-28,40,44H,14-17H2,1-8H3;8-12,16,18,20-22,24-26,33-35,38H,13-15H2,1-7H3;1H2/t18-,20+,21-,23-,24-,25+,27+,28?,33+,34+,35+;16-,18-,20-,21-,22+,24+,25+,26?,30+,31+,32+;/m00./s1. The number of aliphatic hydroxyl groups is 6. The summed E-state index contributed by atoms with van der Waals surface area (Å²) >= 11 is 37.5. The lowest BCUT2D eigenvalue weighted by molar-refractivity contribution is -0.302. The van der Waals surface area contributed by atoms with E-state index in [2.05, 4.69) is 11.7 Å². The average Bonchev–Trinajstić information content (AvgIpc) is 0.682. The Morgan fingerprint density at radius 3 is 1.39 bits per heavy atom. The summed E-state index contributed by atoms with van der Waals surface area (Å²) in [6.07, 6.45) is -9.44. The van der Waals surface area contributed by atoms with Crippen LogP contribution in [0, 0.1) is 62.1 Å². The number of hydrogen-bond donors (Lipinski definition) is 6. The fraction of sp³-hybridized carbons (Fsp3) is 0.690. The Bertz CT molecular complexity index is 3380. The zero-order valence-electron chi connectivity index (χ0n) is 57.3. The summed E-state index contributed by atoms with van der Waals surface area (Å²) in [5, 5.41) is 71.2. The van der Waals surface area contributed by atoms with Crippen molar-refractivity contribution in [2.75, 3.05) is 26.4 Å². The van der Waals surface area contributed by atoms with Crippen LogP contribution in [0.2, 0.25) is 0 Å². The van der Waals surface area contributed by atoms with Gasteiger partial charge < -0.3 is 63.8 Å². The van der Waals surface area contributed by atoms with Crippen molar-refractivity contribution in [1.29, 1.82) is 0 Å². The molecule has 2 saturated heterocycles. The molecule has 0 amide bonds. The molecule has 4 saturated carbocycles. The summed E-state index contributed by atoms with van der Waals surface area (Å²) in [7, 11) is 0. The number of carbonyl (C=O) groups excluding carboxylic acids is 6. The molecule has 4 bridgehead atoms. The lowest BCUT2D eigenvalue weighted by Gasteiger charge is -2.68. The molecular weight excluding hydrogens is 1400 g/mol. The smallest absolute Gasteiger partial charge is 0.456 e. The fourth-order valence-corrected chi connectivity index (χ4v) is 19.3. The molecule has 2 aromatic carbocycles. The number of Topliss-reactive ketones (excluding diaryl/α,β-unsaturated/α-hetero) is 2. The van der Waals surface area contributed by atoms with Crippen molar-refractivity contribution in [2.45, 2.75) is 215 Å². The molecule has 540 valence electrons. The van der Waals surface area contributed by atoms with Gasteiger partial charge in [-0.15, -0.1) is 0 Å². The van der Waals surface area contributed by atoms with Crippen molar-refractivity contribution >= 4 is 116 Å². The zero-order chi connectivity index (χ0) is 72.8. The van der Waals surface area contributed by atoms with E-state index in [1.807, 2.05) is 106 Å². The van der Waals surface area contributed by atoms with Crippen molar-refractivity contribution < 1.29 is 92.6 Å². The number of benzene rings is 2. The van der Waals surface area contributed by atoms with E-state index >= 15 is 0 Å². The monoisotopic (exact) mass is 1490 g/mol. The van der Waals surface area contributed by atoms with Gasteiger partial charge in [-0.05, 0) is 84.8 Å². The molecule has 0 aromatic heterocycles. The summed E-state index contributed by atoms with van der Waals surface area (Å²) in [6, 6.07) is 18.2. The first kappa shape index (κ1) is 79.4. The topological polar surface area (TPSA) is 288 Å². The first-order chi connectivity index (χ1) is 44.6. The number of rotatable bonds is 11. The van der Waals surface area contributed by atoms with E-state index < -0.39 is 171 Å². The Balaban J connectivity index is 0.000000222. The van der Waals surface area contributed by atoms with E-state index in [4.69, 9.17) is 110 Å². The number of aliphatic hydroxyl groups excluding tert-OH is 4. The first-order valence-electron chi connectivity index (χ1n) is 32.8. The molecule has 26 heteroatoms. The molecule has 6 aliphatic carbocycles. The molecule has 19 nitrogen and oxygen atoms in total. The molecule has 6 fully saturated rings. The van der Waals surface area contributed by atoms with Gasteiger partial charge in [0.1, 0.15) is 37.3 Å². The lowest BCUT2D eigenvalue weighted by atomic mass is 9.40. The van der Waals surface area contributed by atoms with Gasteiger partial charge in [0.05, 0.1) is 59.7 Å². The number of ether oxygens (including phenoxy) is 7. The summed E-state index contributed by atoms with van der Waals surface area (Å²) in [4.78, 5) is 78.9. The molecule has 2 heterocycles. The predicted octanol–water partition coefficient (Wildman–Crippen LogP) is 12.4. The minimum atomic E-state index is -1.89. The van der Waals surface area contributed by atoms with E-state index in [0.717, 1.165) is 5.56 Å². The van der Waals surface area contributed by atoms with E-state index in [1.54, 1.807) is 52.0 Å². The van der Waals surface area contributed by atoms with Crippen LogP contribution in [0.3, 0.4) is 0 Å². The third kappa shape index (κ3) is 14.1. The third-order valence-corrected chi connectivity index (χ3v) is 25.1. The number of halogens is 7. The van der Waals surface area contributed by atoms with Crippen LogP contribution < -0.4 is 0 Å². The maximum absolute atomic E-state index is 14.7. The van der Waals surface area contributed by atoms with E-state index in [1.165, 1.54) is 0 Å². The van der Waals surface area contributed by atoms with Crippen LogP contribution in [0.1, 0.15) is 153 Å². The van der Waals surface area contributed by atoms with Gasteiger partial charge in [-0.2, -0.15) is 0 Å². The first-order valence-corrected chi connectivity index (χ1v) is 35.4. The van der Waals surface area contributed by atoms with Crippen LogP contribution >= 0.6 is 81.2 Å². The van der Waals surface area contributed by atoms with Crippen LogP contribution in [0.15, 0.2) is 83.0 Å². The molecule has 8 aliphatic rings. The highest BCUT2D eigenvalue weighted by molar-refractivity contribution is 6.68. The summed E-state index contributed by atoms with van der Waals surface area (Å²) in [5.74, 6) is -6.15. The zero-order valence-corrected chi connectivity index (χ0v) is 62.6. The normalized spacial score (nSPS) is 38.2. The van der Waals surface area contributed by atoms with Crippen LogP contribution in [-0.4, -0.2) is 166 Å². The summed E-state index contributed by atoms with van der Waals surface area (Å²) < 4.78 is 35.0. The van der Waals surface area contributed by atoms with Gasteiger partial charge in [0, 0.05) is 76.7 Å². The Morgan fingerprint density at radius 2 is 0.990 bits per heavy atom. The maximum atomic E-state index is 14.7. The molecule has 10 rings (SSSR count). The number of fused-ring (bicyclic) bond motifs is 10. The number of hydrogen-bond acceptors (Lipinski definition) is 19. The van der Waals surface area contributed by atoms with Gasteiger partial charge in [0.15, 0.2) is 11.9 Å². The van der Waals surface area contributed by atoms with Crippen molar-refractivity contribution in [2.24, 2.45) is 62.1 Å². The second-order valence-electron chi connectivity index (χ2n) is 30.3. The second kappa shape index (κ2) is 28.4. The average molecular weight is 1500 g/mol. The molecule has 22 atom stereocenters. The van der Waals surface area contributed by atoms with Crippen LogP contribution in [0.5, 0.6) is 0 Å². The second-order valence-corrected chi connectivity index (χ2v) is 35.6. The largest absolute Gasteiger partial charge is 0.509 e. The number of alkyl halides is 6. The maximum Gasteiger partial charge on any atom is 0.509 e. The molecule has 2 aromatic rings. The third-order valence-electron chi connectivity index (χ3n) is 24.4. The fourth-order valence-electron chi connectivity index (χ4n) is 18.9. The van der Waals surface area contributed by atoms with Crippen molar-refractivity contribution in [3.05, 3.63) is 94.1 Å². The van der Waals surface area contributed by atoms with Crippen molar-refractivity contribution in [3.8, 4) is 0 Å². The highest BCUT2D eigenvalue weighted by Crippen LogP contribution is 2.69. The lowest BCUT2D eigenvalue weighted by Crippen LogP contribution is -2.75. The molecule has 97 heavy (non-hydrogen) atoms. The summed E-state index contributed by atoms with van der Waals surface area (Å²) in [5.41, 5.74) is -5.73. The van der Waals surface area contributed by atoms with Crippen LogP contribution in [0.4, 0.5) is 9.59 Å². The molecule has 0 radical (unpaired) electrons. The Kier molecular flexibility index (Phi) is 23.2. The van der Waals surface area contributed by atoms with Gasteiger partial charge in [-0.25, -0.2) is 19.2 Å². The van der Waals surface area contributed by atoms with Gasteiger partial charge in [0.2, 0.25) is 13.7 Å². The van der Waals surface area contributed by atoms with E-state index in [9.17, 15) is 59.4 Å². The van der Waals surface area contributed by atoms with Gasteiger partial charge >= 0.3 is 23.5 Å². The van der Waals surface area contributed by atoms with Crippen LogP contribution in [-0.2, 0) is 52.3 Å². The molecule has 0 spiro atoms. The predicted molar refractivity (Wildman–Crippen MR) is 365 cm³/mol. The van der Waals surface area contributed by atoms with Gasteiger partial charge in [0.25, 0.3) is 0 Å². The highest BCUT2D eigenvalue weighted by Gasteiger charge is 2.75. The van der Waals surface area contributed by atoms with Gasteiger partial charge in [-0.3, -0.25) is 9.59 Å². The molecule has 6 N–H and O–H groups in total. The minimum absolute atomic E-state index is 0.0254. The highest BCUT2D eigenvalue weighted by atomic mass is 35.6. The number of esters is 2. The SMILES string of the molecule is CC1=C2[C@@H](C)C(=O)[C@@]3(C)C([C@H](C)[C@](O)(C[C@@H]1OC(=O)[C@H](OC(=O)OCC(Cl)(Cl)Cl)[C@@H](C)c1ccccc1)C2(C)C)[C@]1(C)CO[C@@H]1C[C@@H]3O.CC1=C2[C@@H](O)C(=O)[C@@]3(C)C([C@H](C)[C@](O)(C[C@@H]1OC(=O)[C@H](O)[C@@H](C)c1ccccc1)C2(C)C)[C@]1(C)CO[C@@H]1C[C@@H]3O.O=C(Cl)OCC(Cl)(Cl)Cl. The number of carbonyl (C=O) groups is 6. The van der Waals surface area contributed by atoms with Crippen molar-refractivity contribution in [3.63, 3.8) is 0 Å². The van der Waals surface area contributed by atoms with Gasteiger partial charge in [-0.1, -0.05) is 206 Å². The summed E-state index contributed by atoms with van der Waals surface area (Å²) in [6.45, 7) is 27.7. The van der Waals surface area contributed by atoms with E-state index in [0.29, 0.717) is 47.5 Å². The Labute approximate surface area is 602 Å². The molecule has 2 unspecified atom stereocenters. The van der Waals surface area contributed by atoms with Crippen molar-refractivity contribution in [1.82, 2.24) is 0 Å². The molecule has 2 aliphatic heterocycles. The Hall–Kier alpha value is -3.35. The number of ketones is 2. The molecular formula is C71H93Cl7O19.